The van der Waals surface area contributed by atoms with Gasteiger partial charge >= 0.3 is 26.2 Å². The van der Waals surface area contributed by atoms with Crippen molar-refractivity contribution < 1.29 is 60.2 Å². The molecule has 152 valence electrons. The predicted octanol–water partition coefficient (Wildman–Crippen LogP) is 0.0814. The Hall–Kier alpha value is -0.930. The first-order valence-electron chi connectivity index (χ1n) is 9.13. The molecule has 0 bridgehead atoms. The Balaban J connectivity index is 0.000000490. The molecule has 0 unspecified atom stereocenters. The molecule has 0 saturated heterocycles. The molecule has 0 aliphatic heterocycles. The van der Waals surface area contributed by atoms with Crippen LogP contribution in [-0.2, 0) is 32.6 Å². The van der Waals surface area contributed by atoms with Crippen molar-refractivity contribution in [3.05, 3.63) is 77.9 Å². The van der Waals surface area contributed by atoms with E-state index in [9.17, 15) is 0 Å². The summed E-state index contributed by atoms with van der Waals surface area (Å²) in [6.45, 7) is 9.15. The number of rotatable bonds is 4. The number of benzene rings is 2. The van der Waals surface area contributed by atoms with Crippen molar-refractivity contribution in [1.29, 1.82) is 0 Å². The first kappa shape index (κ1) is 28.1. The van der Waals surface area contributed by atoms with Gasteiger partial charge in [0, 0.05) is 11.5 Å². The third kappa shape index (κ3) is 7.68. The molecule has 0 saturated carbocycles. The summed E-state index contributed by atoms with van der Waals surface area (Å²) in [7, 11) is -1.50. The predicted molar refractivity (Wildman–Crippen MR) is 111 cm³/mol. The Morgan fingerprint density at radius 3 is 2.34 bits per heavy atom. The summed E-state index contributed by atoms with van der Waals surface area (Å²) < 4.78 is 11.3. The average Bonchev–Trinajstić information content (AvgIpc) is 3.19. The van der Waals surface area contributed by atoms with E-state index in [4.69, 9.17) is 9.16 Å². The third-order valence-electron chi connectivity index (χ3n) is 4.07. The first-order valence-corrected chi connectivity index (χ1v) is 12.5. The van der Waals surface area contributed by atoms with Gasteiger partial charge in [0.2, 0.25) is 8.32 Å². The summed E-state index contributed by atoms with van der Waals surface area (Å²) in [5.74, 6) is 1.76. The number of fused-ring (bicyclic) bond motifs is 3. The summed E-state index contributed by atoms with van der Waals surface area (Å²) in [6, 6.07) is 24.0. The summed E-state index contributed by atoms with van der Waals surface area (Å²) >= 11 is 0. The van der Waals surface area contributed by atoms with Gasteiger partial charge in [0.05, 0.1) is 6.61 Å². The molecular weight excluding hydrogens is 498 g/mol. The Kier molecular flexibility index (Phi) is 12.3. The average molecular weight is 525 g/mol. The van der Waals surface area contributed by atoms with Gasteiger partial charge in [-0.25, -0.2) is 6.07 Å². The van der Waals surface area contributed by atoms with E-state index in [1.165, 1.54) is 22.3 Å². The molecule has 0 heterocycles. The first-order chi connectivity index (χ1) is 12.5. The fourth-order valence-corrected chi connectivity index (χ4v) is 3.90. The molecule has 0 atom stereocenters. The molecule has 0 N–H and O–H groups in total. The zero-order valence-corrected chi connectivity index (χ0v) is 22.2. The standard InChI is InChI=1S/C13H9.C10H17O2Si.2ClH.Zr/c1-3-7-12-10(5-1)9-11-6-2-4-8-13(11)12;1-5-11-9-7-6-8-10(9)12-13(2,3)4;;;/h1-5,7-8H,9H2;6-8H,5H2,1-4H3;2*1H;/q2*-1;;;+4/p-2. The van der Waals surface area contributed by atoms with Gasteiger partial charge in [0.25, 0.3) is 0 Å². The molecular formula is C23H26Cl2O2SiZr. The third-order valence-corrected chi connectivity index (χ3v) is 4.90. The van der Waals surface area contributed by atoms with Gasteiger partial charge in [-0.05, 0) is 33.0 Å². The maximum Gasteiger partial charge on any atom is 4.00 e. The fraction of sp³-hybridized carbons (Fsp3) is 0.261. The van der Waals surface area contributed by atoms with Crippen molar-refractivity contribution >= 4 is 8.32 Å². The fourth-order valence-electron chi connectivity index (χ4n) is 3.07. The van der Waals surface area contributed by atoms with Gasteiger partial charge in [0.15, 0.2) is 0 Å². The van der Waals surface area contributed by atoms with E-state index in [2.05, 4.69) is 62.1 Å². The maximum atomic E-state index is 5.84. The molecule has 3 aromatic carbocycles. The van der Waals surface area contributed by atoms with E-state index in [0.717, 1.165) is 17.9 Å². The Bertz CT molecular complexity index is 832. The zero-order valence-electron chi connectivity index (χ0n) is 17.3. The van der Waals surface area contributed by atoms with Crippen molar-refractivity contribution in [3.63, 3.8) is 0 Å². The van der Waals surface area contributed by atoms with Crippen molar-refractivity contribution in [3.8, 4) is 22.6 Å². The molecule has 0 spiro atoms. The Morgan fingerprint density at radius 1 is 0.966 bits per heavy atom. The van der Waals surface area contributed by atoms with Crippen LogP contribution in [0.25, 0.3) is 11.1 Å². The minimum Gasteiger partial charge on any atom is -1.00 e. The van der Waals surface area contributed by atoms with Gasteiger partial charge < -0.3 is 34.0 Å². The van der Waals surface area contributed by atoms with Crippen LogP contribution in [0.5, 0.6) is 11.5 Å². The number of hydrogen-bond donors (Lipinski definition) is 0. The Labute approximate surface area is 207 Å². The second kappa shape index (κ2) is 12.7. The second-order valence-electron chi connectivity index (χ2n) is 7.30. The molecule has 0 aromatic heterocycles. The van der Waals surface area contributed by atoms with Crippen molar-refractivity contribution in [2.75, 3.05) is 6.61 Å². The molecule has 1 aliphatic rings. The molecule has 2 nitrogen and oxygen atoms in total. The largest absolute Gasteiger partial charge is 4.00 e. The zero-order chi connectivity index (χ0) is 18.6. The summed E-state index contributed by atoms with van der Waals surface area (Å²) in [5.41, 5.74) is 5.51. The summed E-state index contributed by atoms with van der Waals surface area (Å²) in [6.07, 6.45) is 1.05. The molecule has 0 radical (unpaired) electrons. The van der Waals surface area contributed by atoms with Gasteiger partial charge in [-0.1, -0.05) is 35.4 Å². The molecule has 29 heavy (non-hydrogen) atoms. The molecule has 0 amide bonds. The minimum atomic E-state index is -1.50. The number of ether oxygens (including phenoxy) is 1. The van der Waals surface area contributed by atoms with Gasteiger partial charge in [-0.2, -0.15) is 35.9 Å². The summed E-state index contributed by atoms with van der Waals surface area (Å²) in [4.78, 5) is 0. The van der Waals surface area contributed by atoms with Crippen LogP contribution in [0.1, 0.15) is 18.1 Å². The van der Waals surface area contributed by atoms with Crippen molar-refractivity contribution in [2.24, 2.45) is 0 Å². The van der Waals surface area contributed by atoms with Crippen LogP contribution in [0.4, 0.5) is 0 Å². The topological polar surface area (TPSA) is 18.5 Å². The minimum absolute atomic E-state index is 0. The molecule has 4 rings (SSSR count). The van der Waals surface area contributed by atoms with Crippen LogP contribution < -0.4 is 34.0 Å². The van der Waals surface area contributed by atoms with Crippen LogP contribution in [0.3, 0.4) is 0 Å². The quantitative estimate of drug-likeness (QED) is 0.278. The molecule has 6 heteroatoms. The van der Waals surface area contributed by atoms with Crippen LogP contribution in [-0.4, -0.2) is 14.9 Å². The van der Waals surface area contributed by atoms with Crippen LogP contribution in [0, 0.1) is 6.07 Å². The Morgan fingerprint density at radius 2 is 1.66 bits per heavy atom. The smallest absolute Gasteiger partial charge is 1.00 e. The maximum absolute atomic E-state index is 5.84. The molecule has 0 fully saturated rings. The van der Waals surface area contributed by atoms with E-state index in [1.807, 2.05) is 31.2 Å². The van der Waals surface area contributed by atoms with Gasteiger partial charge in [0.1, 0.15) is 0 Å². The summed E-state index contributed by atoms with van der Waals surface area (Å²) in [5, 5.41) is 0. The van der Waals surface area contributed by atoms with Gasteiger partial charge in [-0.15, -0.1) is 11.6 Å². The SMILES string of the molecule is CCO[c-]1cccc1O[Si](C)(C)C.[Cl-].[Cl-].[Zr+4].[c-]1cccc2c1Cc1ccccc1-2. The number of halogens is 2. The number of hydrogen-bond acceptors (Lipinski definition) is 2. The molecule has 1 aliphatic carbocycles. The van der Waals surface area contributed by atoms with Crippen molar-refractivity contribution in [2.45, 2.75) is 33.0 Å². The monoisotopic (exact) mass is 522 g/mol. The van der Waals surface area contributed by atoms with Crippen LogP contribution in [0.2, 0.25) is 19.6 Å². The van der Waals surface area contributed by atoms with Crippen LogP contribution in [0.15, 0.2) is 60.7 Å². The van der Waals surface area contributed by atoms with Crippen molar-refractivity contribution in [1.82, 2.24) is 0 Å². The van der Waals surface area contributed by atoms with E-state index in [1.54, 1.807) is 0 Å². The van der Waals surface area contributed by atoms with E-state index < -0.39 is 8.32 Å². The van der Waals surface area contributed by atoms with E-state index in [-0.39, 0.29) is 51.0 Å². The second-order valence-corrected chi connectivity index (χ2v) is 11.7. The normalized spacial score (nSPS) is 10.6. The van der Waals surface area contributed by atoms with Gasteiger partial charge in [-0.3, -0.25) is 0 Å². The van der Waals surface area contributed by atoms with E-state index >= 15 is 0 Å². The molecule has 3 aromatic rings. The van der Waals surface area contributed by atoms with E-state index in [0.29, 0.717) is 6.61 Å². The van der Waals surface area contributed by atoms with Crippen LogP contribution >= 0.6 is 0 Å².